The third-order valence-corrected chi connectivity index (χ3v) is 12.6. The van der Waals surface area contributed by atoms with Crippen molar-refractivity contribution in [2.45, 2.75) is 12.3 Å². The predicted octanol–water partition coefficient (Wildman–Crippen LogP) is 17.5. The molecular formula is C62H46N2. The van der Waals surface area contributed by atoms with E-state index < -0.39 is 0 Å². The summed E-state index contributed by atoms with van der Waals surface area (Å²) in [7, 11) is 0. The molecule has 0 bridgehead atoms. The van der Waals surface area contributed by atoms with Gasteiger partial charge in [-0.05, 0) is 123 Å². The van der Waals surface area contributed by atoms with Crippen molar-refractivity contribution in [3.63, 3.8) is 0 Å². The maximum atomic E-state index is 2.39. The van der Waals surface area contributed by atoms with Crippen LogP contribution >= 0.6 is 0 Å². The minimum atomic E-state index is 0.409. The molecule has 0 saturated heterocycles. The summed E-state index contributed by atoms with van der Waals surface area (Å²) in [5, 5.41) is 4.87. The van der Waals surface area contributed by atoms with E-state index in [1.807, 2.05) is 0 Å². The fraction of sp³-hybridized carbons (Fsp3) is 0.0323. The largest absolute Gasteiger partial charge is 0.310 e. The van der Waals surface area contributed by atoms with Crippen LogP contribution in [0.15, 0.2) is 261 Å². The highest BCUT2D eigenvalue weighted by atomic mass is 15.1. The van der Waals surface area contributed by atoms with Crippen LogP contribution in [0.3, 0.4) is 0 Å². The number of fused-ring (bicyclic) bond motifs is 2. The van der Waals surface area contributed by atoms with Gasteiger partial charge in [0.15, 0.2) is 0 Å². The van der Waals surface area contributed by atoms with Crippen molar-refractivity contribution in [1.29, 1.82) is 0 Å². The SMILES string of the molecule is C1=CCC(c2ccc(N(c3ccc(-c4cccc(-c5ccc(N(c6ccc(-c7ccccc7)cc6)c6cccc7ccccc67)cc5)c4)cc3)c3cccc4ccccc34)cc2)C=C1. The molecule has 0 heterocycles. The Bertz CT molecular complexity index is 3260. The van der Waals surface area contributed by atoms with Gasteiger partial charge < -0.3 is 9.80 Å². The van der Waals surface area contributed by atoms with Crippen LogP contribution in [-0.4, -0.2) is 0 Å². The number of allylic oxidation sites excluding steroid dienone is 4. The lowest BCUT2D eigenvalue weighted by Gasteiger charge is -2.27. The van der Waals surface area contributed by atoms with E-state index in [2.05, 4.69) is 271 Å². The monoisotopic (exact) mass is 818 g/mol. The van der Waals surface area contributed by atoms with Gasteiger partial charge in [0.25, 0.3) is 0 Å². The second-order valence-corrected chi connectivity index (χ2v) is 16.5. The fourth-order valence-electron chi connectivity index (χ4n) is 9.28. The number of rotatable bonds is 10. The van der Waals surface area contributed by atoms with Crippen LogP contribution in [0, 0.1) is 0 Å². The normalized spacial score (nSPS) is 13.3. The highest BCUT2D eigenvalue weighted by molar-refractivity contribution is 6.00. The lowest BCUT2D eigenvalue weighted by molar-refractivity contribution is 0.854. The van der Waals surface area contributed by atoms with E-state index in [0.29, 0.717) is 5.92 Å². The molecule has 1 aliphatic carbocycles. The van der Waals surface area contributed by atoms with Gasteiger partial charge in [0.1, 0.15) is 0 Å². The van der Waals surface area contributed by atoms with Gasteiger partial charge in [-0.3, -0.25) is 0 Å². The molecule has 0 aliphatic heterocycles. The average molecular weight is 819 g/mol. The second kappa shape index (κ2) is 17.3. The van der Waals surface area contributed by atoms with E-state index in [9.17, 15) is 0 Å². The van der Waals surface area contributed by atoms with Gasteiger partial charge in [-0.25, -0.2) is 0 Å². The van der Waals surface area contributed by atoms with E-state index in [0.717, 1.165) is 40.5 Å². The second-order valence-electron chi connectivity index (χ2n) is 16.5. The first-order valence-corrected chi connectivity index (χ1v) is 22.2. The first-order valence-electron chi connectivity index (χ1n) is 22.2. The predicted molar refractivity (Wildman–Crippen MR) is 273 cm³/mol. The molecule has 304 valence electrons. The zero-order valence-corrected chi connectivity index (χ0v) is 35.5. The van der Waals surface area contributed by atoms with Crippen LogP contribution in [0.1, 0.15) is 17.9 Å². The average Bonchev–Trinajstić information content (AvgIpc) is 3.38. The zero-order chi connectivity index (χ0) is 42.7. The number of nitrogens with zero attached hydrogens (tertiary/aromatic N) is 2. The lowest BCUT2D eigenvalue weighted by atomic mass is 9.92. The molecule has 2 heteroatoms. The first kappa shape index (κ1) is 38.7. The van der Waals surface area contributed by atoms with Gasteiger partial charge in [-0.2, -0.15) is 0 Å². The summed E-state index contributed by atoms with van der Waals surface area (Å²) in [6.07, 6.45) is 9.88. The smallest absolute Gasteiger partial charge is 0.0540 e. The molecule has 10 aromatic rings. The van der Waals surface area contributed by atoms with Gasteiger partial charge in [-0.15, -0.1) is 0 Å². The Kier molecular flexibility index (Phi) is 10.5. The Morgan fingerprint density at radius 1 is 0.312 bits per heavy atom. The molecule has 0 N–H and O–H groups in total. The van der Waals surface area contributed by atoms with Crippen LogP contribution in [0.4, 0.5) is 34.1 Å². The number of hydrogen-bond donors (Lipinski definition) is 0. The number of anilines is 6. The van der Waals surface area contributed by atoms with E-state index in [-0.39, 0.29) is 0 Å². The summed E-state index contributed by atoms with van der Waals surface area (Å²) in [5.74, 6) is 0.409. The summed E-state index contributed by atoms with van der Waals surface area (Å²) >= 11 is 0. The van der Waals surface area contributed by atoms with E-state index in [1.54, 1.807) is 0 Å². The molecule has 0 fully saturated rings. The topological polar surface area (TPSA) is 6.48 Å². The Balaban J connectivity index is 0.907. The molecule has 64 heavy (non-hydrogen) atoms. The van der Waals surface area contributed by atoms with Crippen LogP contribution in [-0.2, 0) is 0 Å². The summed E-state index contributed by atoms with van der Waals surface area (Å²) in [6, 6.07) is 86.0. The summed E-state index contributed by atoms with van der Waals surface area (Å²) in [6.45, 7) is 0. The van der Waals surface area contributed by atoms with E-state index in [1.165, 1.54) is 60.5 Å². The van der Waals surface area contributed by atoms with Crippen molar-refractivity contribution < 1.29 is 0 Å². The highest BCUT2D eigenvalue weighted by Crippen LogP contribution is 2.42. The van der Waals surface area contributed by atoms with Crippen LogP contribution < -0.4 is 9.80 Å². The van der Waals surface area contributed by atoms with Gasteiger partial charge >= 0.3 is 0 Å². The lowest BCUT2D eigenvalue weighted by Crippen LogP contribution is -2.10. The van der Waals surface area contributed by atoms with Crippen molar-refractivity contribution in [1.82, 2.24) is 0 Å². The Hall–Kier alpha value is -8.20. The third kappa shape index (κ3) is 7.67. The van der Waals surface area contributed by atoms with Gasteiger partial charge in [0.05, 0.1) is 11.4 Å². The molecule has 1 atom stereocenters. The van der Waals surface area contributed by atoms with Crippen molar-refractivity contribution in [2.75, 3.05) is 9.80 Å². The molecule has 1 unspecified atom stereocenters. The van der Waals surface area contributed by atoms with Crippen LogP contribution in [0.5, 0.6) is 0 Å². The maximum Gasteiger partial charge on any atom is 0.0540 e. The molecule has 1 aliphatic rings. The minimum absolute atomic E-state index is 0.409. The Morgan fingerprint density at radius 2 is 0.703 bits per heavy atom. The van der Waals surface area contributed by atoms with Crippen molar-refractivity contribution in [3.05, 3.63) is 266 Å². The maximum absolute atomic E-state index is 2.39. The number of hydrogen-bond acceptors (Lipinski definition) is 2. The minimum Gasteiger partial charge on any atom is -0.310 e. The van der Waals surface area contributed by atoms with Crippen molar-refractivity contribution >= 4 is 55.7 Å². The molecule has 0 amide bonds. The zero-order valence-electron chi connectivity index (χ0n) is 35.5. The number of benzene rings is 10. The molecule has 10 aromatic carbocycles. The first-order chi connectivity index (χ1) is 31.7. The summed E-state index contributed by atoms with van der Waals surface area (Å²) in [4.78, 5) is 4.77. The molecule has 0 spiro atoms. The molecule has 0 saturated carbocycles. The van der Waals surface area contributed by atoms with Crippen LogP contribution in [0.25, 0.3) is 54.9 Å². The Labute approximate surface area is 376 Å². The van der Waals surface area contributed by atoms with E-state index in [4.69, 9.17) is 0 Å². The summed E-state index contributed by atoms with van der Waals surface area (Å²) in [5.41, 5.74) is 15.2. The molecule has 0 radical (unpaired) electrons. The van der Waals surface area contributed by atoms with Crippen molar-refractivity contribution in [2.24, 2.45) is 0 Å². The van der Waals surface area contributed by atoms with Gasteiger partial charge in [-0.1, -0.05) is 194 Å². The van der Waals surface area contributed by atoms with Gasteiger partial charge in [0, 0.05) is 39.4 Å². The highest BCUT2D eigenvalue weighted by Gasteiger charge is 2.19. The third-order valence-electron chi connectivity index (χ3n) is 12.6. The molecular weight excluding hydrogens is 773 g/mol. The fourth-order valence-corrected chi connectivity index (χ4v) is 9.28. The molecule has 0 aromatic heterocycles. The van der Waals surface area contributed by atoms with Crippen LogP contribution in [0.2, 0.25) is 0 Å². The molecule has 11 rings (SSSR count). The van der Waals surface area contributed by atoms with Gasteiger partial charge in [0.2, 0.25) is 0 Å². The quantitative estimate of drug-likeness (QED) is 0.136. The standard InChI is InChI=1S/C62H46N2/c1-3-14-45(15-4-1)47-28-36-55(37-29-47)63(61-26-12-20-51-18-7-9-24-59(51)61)57-40-32-49(33-41-57)53-22-11-23-54(44-53)50-34-42-58(43-35-50)64(62-27-13-21-52-19-8-10-25-60(52)62)56-38-30-48(31-39-56)46-16-5-2-6-17-46/h1-16,18-44,46H,17H2. The van der Waals surface area contributed by atoms with E-state index >= 15 is 0 Å². The van der Waals surface area contributed by atoms with Crippen molar-refractivity contribution in [3.8, 4) is 33.4 Å². The Morgan fingerprint density at radius 3 is 1.19 bits per heavy atom. The summed E-state index contributed by atoms with van der Waals surface area (Å²) < 4.78 is 0. The molecule has 2 nitrogen and oxygen atoms in total.